The number of nitrogens with zero attached hydrogens (tertiary/aromatic N) is 1. The van der Waals surface area contributed by atoms with Crippen LogP contribution in [0.1, 0.15) is 12.8 Å². The summed E-state index contributed by atoms with van der Waals surface area (Å²) < 4.78 is 11.6. The Morgan fingerprint density at radius 1 is 0.690 bits per heavy atom. The van der Waals surface area contributed by atoms with Crippen molar-refractivity contribution in [3.63, 3.8) is 0 Å². The number of pyridine rings is 1. The van der Waals surface area contributed by atoms with Crippen LogP contribution in [0.25, 0.3) is 21.8 Å². The average molecular weight is 463 g/mol. The first-order chi connectivity index (χ1) is 12.8. The van der Waals surface area contributed by atoms with Gasteiger partial charge in [-0.1, -0.05) is 0 Å². The van der Waals surface area contributed by atoms with E-state index in [0.717, 1.165) is 59.2 Å². The summed E-state index contributed by atoms with van der Waals surface area (Å²) in [5, 5.41) is 8.47. The van der Waals surface area contributed by atoms with E-state index in [9.17, 15) is 0 Å². The molecule has 0 aliphatic rings. The third kappa shape index (κ3) is 8.03. The molecule has 0 bridgehead atoms. The van der Waals surface area contributed by atoms with Crippen LogP contribution in [-0.2, 0) is 0 Å². The summed E-state index contributed by atoms with van der Waals surface area (Å²) in [7, 11) is 3.90. The van der Waals surface area contributed by atoms with Crippen molar-refractivity contribution < 1.29 is 9.47 Å². The van der Waals surface area contributed by atoms with Gasteiger partial charge in [-0.05, 0) is 70.4 Å². The molecule has 0 unspecified atom stereocenters. The molecule has 0 aliphatic heterocycles. The topological polar surface area (TPSA) is 55.4 Å². The first-order valence-corrected chi connectivity index (χ1v) is 9.19. The lowest BCUT2D eigenvalue weighted by Gasteiger charge is -2.09. The highest BCUT2D eigenvalue weighted by molar-refractivity contribution is 5.93. The number of ether oxygens (including phenoxy) is 2. The van der Waals surface area contributed by atoms with Gasteiger partial charge in [0.25, 0.3) is 0 Å². The van der Waals surface area contributed by atoms with Crippen molar-refractivity contribution >= 4 is 59.0 Å². The fraction of sp³-hybridized carbons (Fsp3) is 0.381. The Morgan fingerprint density at radius 3 is 1.55 bits per heavy atom. The predicted octanol–water partition coefficient (Wildman–Crippen LogP) is 4.63. The Balaban J connectivity index is 0.00000261. The Labute approximate surface area is 191 Å². The standard InChI is InChI=1S/C21H27N3O2.3ClH/c1-22-9-3-11-25-18-7-5-16-13-17-6-8-19(26-12-4-10-23-2)15-21(17)24-20(16)14-18;;;/h5-8,13-15,22-23H,3-4,9-12H2,1-2H3;3*1H. The van der Waals surface area contributed by atoms with E-state index in [0.29, 0.717) is 13.2 Å². The molecule has 8 heteroatoms. The molecule has 2 aromatic carbocycles. The lowest BCUT2D eigenvalue weighted by molar-refractivity contribution is 0.310. The fourth-order valence-corrected chi connectivity index (χ4v) is 2.84. The first-order valence-electron chi connectivity index (χ1n) is 9.19. The van der Waals surface area contributed by atoms with Crippen LogP contribution in [0.2, 0.25) is 0 Å². The molecule has 3 rings (SSSR count). The summed E-state index contributed by atoms with van der Waals surface area (Å²) in [5.41, 5.74) is 1.88. The van der Waals surface area contributed by atoms with Crippen molar-refractivity contribution in [2.75, 3.05) is 40.4 Å². The average Bonchev–Trinajstić information content (AvgIpc) is 2.67. The normalized spacial score (nSPS) is 10.0. The van der Waals surface area contributed by atoms with E-state index in [1.165, 1.54) is 0 Å². The van der Waals surface area contributed by atoms with Crippen molar-refractivity contribution in [2.24, 2.45) is 0 Å². The van der Waals surface area contributed by atoms with E-state index in [-0.39, 0.29) is 37.2 Å². The molecule has 5 nitrogen and oxygen atoms in total. The van der Waals surface area contributed by atoms with Crippen LogP contribution in [0.15, 0.2) is 42.5 Å². The zero-order valence-corrected chi connectivity index (χ0v) is 19.2. The Bertz CT molecular complexity index is 798. The second kappa shape index (κ2) is 14.5. The molecule has 0 spiro atoms. The van der Waals surface area contributed by atoms with Crippen LogP contribution in [0.5, 0.6) is 11.5 Å². The van der Waals surface area contributed by atoms with Gasteiger partial charge in [0.2, 0.25) is 0 Å². The Morgan fingerprint density at radius 2 is 1.14 bits per heavy atom. The number of halogens is 3. The zero-order chi connectivity index (χ0) is 18.2. The molecule has 0 amide bonds. The zero-order valence-electron chi connectivity index (χ0n) is 16.8. The molecule has 0 saturated carbocycles. The van der Waals surface area contributed by atoms with Gasteiger partial charge in [-0.3, -0.25) is 0 Å². The van der Waals surface area contributed by atoms with Gasteiger partial charge in [0.1, 0.15) is 11.5 Å². The van der Waals surface area contributed by atoms with Crippen molar-refractivity contribution in [1.29, 1.82) is 0 Å². The Kier molecular flexibility index (Phi) is 13.7. The van der Waals surface area contributed by atoms with Gasteiger partial charge in [-0.25, -0.2) is 4.98 Å². The minimum absolute atomic E-state index is 0. The number of fused-ring (bicyclic) bond motifs is 2. The molecule has 29 heavy (non-hydrogen) atoms. The van der Waals surface area contributed by atoms with E-state index in [4.69, 9.17) is 14.5 Å². The maximum atomic E-state index is 5.82. The summed E-state index contributed by atoms with van der Waals surface area (Å²) in [6.45, 7) is 3.30. The highest BCUT2D eigenvalue weighted by Gasteiger charge is 2.04. The second-order valence-electron chi connectivity index (χ2n) is 6.31. The largest absolute Gasteiger partial charge is 0.493 e. The molecule has 0 fully saturated rings. The van der Waals surface area contributed by atoms with Crippen LogP contribution in [0.3, 0.4) is 0 Å². The van der Waals surface area contributed by atoms with Gasteiger partial charge in [-0.15, -0.1) is 37.2 Å². The fourth-order valence-electron chi connectivity index (χ4n) is 2.84. The van der Waals surface area contributed by atoms with Gasteiger partial charge in [-0.2, -0.15) is 0 Å². The molecule has 1 heterocycles. The van der Waals surface area contributed by atoms with Crippen LogP contribution in [0, 0.1) is 0 Å². The molecule has 0 aliphatic carbocycles. The van der Waals surface area contributed by atoms with Gasteiger partial charge in [0.15, 0.2) is 0 Å². The third-order valence-corrected chi connectivity index (χ3v) is 4.24. The van der Waals surface area contributed by atoms with E-state index in [2.05, 4.69) is 28.8 Å². The molecule has 162 valence electrons. The molecular formula is C21H30Cl3N3O2. The van der Waals surface area contributed by atoms with Crippen LogP contribution >= 0.6 is 37.2 Å². The number of hydrogen-bond acceptors (Lipinski definition) is 5. The van der Waals surface area contributed by atoms with Gasteiger partial charge >= 0.3 is 0 Å². The van der Waals surface area contributed by atoms with E-state index in [1.54, 1.807) is 0 Å². The highest BCUT2D eigenvalue weighted by atomic mass is 35.5. The molecule has 3 aromatic rings. The maximum absolute atomic E-state index is 5.82. The summed E-state index contributed by atoms with van der Waals surface area (Å²) in [6.07, 6.45) is 1.96. The Hall–Kier alpha value is -1.50. The number of rotatable bonds is 10. The van der Waals surface area contributed by atoms with Crippen molar-refractivity contribution in [3.8, 4) is 11.5 Å². The van der Waals surface area contributed by atoms with Gasteiger partial charge in [0.05, 0.1) is 24.2 Å². The lowest BCUT2D eigenvalue weighted by atomic mass is 10.1. The molecule has 1 aromatic heterocycles. The monoisotopic (exact) mass is 461 g/mol. The first kappa shape index (κ1) is 27.5. The number of benzene rings is 2. The van der Waals surface area contributed by atoms with Crippen LogP contribution < -0.4 is 20.1 Å². The van der Waals surface area contributed by atoms with Crippen molar-refractivity contribution in [2.45, 2.75) is 12.8 Å². The summed E-state index contributed by atoms with van der Waals surface area (Å²) in [4.78, 5) is 4.80. The second-order valence-corrected chi connectivity index (χ2v) is 6.31. The molecule has 0 radical (unpaired) electrons. The van der Waals surface area contributed by atoms with E-state index >= 15 is 0 Å². The molecule has 0 saturated heterocycles. The molecular weight excluding hydrogens is 433 g/mol. The van der Waals surface area contributed by atoms with E-state index < -0.39 is 0 Å². The third-order valence-electron chi connectivity index (χ3n) is 4.24. The maximum Gasteiger partial charge on any atom is 0.121 e. The SMILES string of the molecule is CNCCCOc1ccc2cc3ccc(OCCCNC)cc3nc2c1.Cl.Cl.Cl. The molecule has 0 atom stereocenters. The van der Waals surface area contributed by atoms with E-state index in [1.807, 2.05) is 38.4 Å². The minimum Gasteiger partial charge on any atom is -0.493 e. The number of nitrogens with one attached hydrogen (secondary N) is 2. The minimum atomic E-state index is 0. The number of aromatic nitrogens is 1. The highest BCUT2D eigenvalue weighted by Crippen LogP contribution is 2.26. The van der Waals surface area contributed by atoms with Crippen molar-refractivity contribution in [1.82, 2.24) is 15.6 Å². The quantitative estimate of drug-likeness (QED) is 0.340. The van der Waals surface area contributed by atoms with Gasteiger partial charge < -0.3 is 20.1 Å². The smallest absolute Gasteiger partial charge is 0.121 e. The summed E-state index contributed by atoms with van der Waals surface area (Å²) in [6, 6.07) is 14.3. The van der Waals surface area contributed by atoms with Crippen LogP contribution in [0.4, 0.5) is 0 Å². The molecule has 2 N–H and O–H groups in total. The van der Waals surface area contributed by atoms with Crippen LogP contribution in [-0.4, -0.2) is 45.4 Å². The summed E-state index contributed by atoms with van der Waals surface area (Å²) in [5.74, 6) is 1.72. The number of hydrogen-bond donors (Lipinski definition) is 2. The van der Waals surface area contributed by atoms with Gasteiger partial charge in [0, 0.05) is 22.9 Å². The predicted molar refractivity (Wildman–Crippen MR) is 129 cm³/mol. The van der Waals surface area contributed by atoms with Crippen molar-refractivity contribution in [3.05, 3.63) is 42.5 Å². The lowest BCUT2D eigenvalue weighted by Crippen LogP contribution is -2.11. The summed E-state index contributed by atoms with van der Waals surface area (Å²) >= 11 is 0.